The van der Waals surface area contributed by atoms with Crippen LogP contribution in [0.1, 0.15) is 11.1 Å². The van der Waals surface area contributed by atoms with Crippen molar-refractivity contribution >= 4 is 22.8 Å². The molecule has 0 radical (unpaired) electrons. The summed E-state index contributed by atoms with van der Waals surface area (Å²) in [4.78, 5) is 19.4. The number of aromatic amines is 1. The standard InChI is InChI=1S/C18H20N4O2/c1-12-6-7-19-17(8-12)22-18(24)21-14(11-23)9-13-10-20-16-5-3-2-4-15(13)16/h2-8,10,14,20,23H,9,11H2,1H3,(H2,19,21,22,24). The molecule has 2 heterocycles. The first-order valence-corrected chi connectivity index (χ1v) is 7.81. The molecule has 3 rings (SSSR count). The molecule has 0 saturated carbocycles. The maximum absolute atomic E-state index is 12.1. The summed E-state index contributed by atoms with van der Waals surface area (Å²) in [6, 6.07) is 10.8. The van der Waals surface area contributed by atoms with Gasteiger partial charge < -0.3 is 15.4 Å². The number of hydrogen-bond donors (Lipinski definition) is 4. The number of fused-ring (bicyclic) bond motifs is 1. The average molecular weight is 324 g/mol. The lowest BCUT2D eigenvalue weighted by Crippen LogP contribution is -2.41. The normalized spacial score (nSPS) is 12.1. The SMILES string of the molecule is Cc1ccnc(NC(=O)NC(CO)Cc2c[nH]c3ccccc23)c1. The van der Waals surface area contributed by atoms with Crippen molar-refractivity contribution in [3.05, 3.63) is 59.9 Å². The van der Waals surface area contributed by atoms with Crippen molar-refractivity contribution in [1.82, 2.24) is 15.3 Å². The van der Waals surface area contributed by atoms with Crippen LogP contribution in [0.2, 0.25) is 0 Å². The number of carbonyl (C=O) groups is 1. The molecule has 2 aromatic heterocycles. The van der Waals surface area contributed by atoms with E-state index in [0.29, 0.717) is 12.2 Å². The average Bonchev–Trinajstić information content (AvgIpc) is 2.97. The Bertz CT molecular complexity index is 844. The van der Waals surface area contributed by atoms with E-state index in [9.17, 15) is 9.90 Å². The molecular formula is C18H20N4O2. The molecule has 0 aliphatic heterocycles. The number of nitrogens with one attached hydrogen (secondary N) is 3. The molecule has 0 saturated heterocycles. The number of aryl methyl sites for hydroxylation is 1. The van der Waals surface area contributed by atoms with Gasteiger partial charge >= 0.3 is 6.03 Å². The van der Waals surface area contributed by atoms with Crippen molar-refractivity contribution in [2.45, 2.75) is 19.4 Å². The van der Waals surface area contributed by atoms with Crippen LogP contribution in [0, 0.1) is 6.92 Å². The van der Waals surface area contributed by atoms with Gasteiger partial charge in [-0.15, -0.1) is 0 Å². The zero-order chi connectivity index (χ0) is 16.9. The number of pyridine rings is 1. The van der Waals surface area contributed by atoms with Gasteiger partial charge in [0.15, 0.2) is 0 Å². The topological polar surface area (TPSA) is 90.0 Å². The summed E-state index contributed by atoms with van der Waals surface area (Å²) in [5.74, 6) is 0.483. The Labute approximate surface area is 139 Å². The number of aromatic nitrogens is 2. The van der Waals surface area contributed by atoms with Crippen LogP contribution in [0.3, 0.4) is 0 Å². The van der Waals surface area contributed by atoms with E-state index in [1.54, 1.807) is 12.3 Å². The summed E-state index contributed by atoms with van der Waals surface area (Å²) in [5.41, 5.74) is 3.11. The third-order valence-electron chi connectivity index (χ3n) is 3.85. The van der Waals surface area contributed by atoms with Crippen molar-refractivity contribution in [2.75, 3.05) is 11.9 Å². The van der Waals surface area contributed by atoms with E-state index in [-0.39, 0.29) is 18.7 Å². The largest absolute Gasteiger partial charge is 0.394 e. The molecule has 6 heteroatoms. The van der Waals surface area contributed by atoms with Crippen LogP contribution >= 0.6 is 0 Å². The second kappa shape index (κ2) is 7.14. The minimum Gasteiger partial charge on any atom is -0.394 e. The lowest BCUT2D eigenvalue weighted by molar-refractivity contribution is 0.224. The van der Waals surface area contributed by atoms with Gasteiger partial charge in [-0.25, -0.2) is 9.78 Å². The molecule has 0 spiro atoms. The molecule has 3 aromatic rings. The monoisotopic (exact) mass is 324 g/mol. The molecule has 124 valence electrons. The zero-order valence-electron chi connectivity index (χ0n) is 13.4. The van der Waals surface area contributed by atoms with Gasteiger partial charge in [-0.3, -0.25) is 5.32 Å². The maximum Gasteiger partial charge on any atom is 0.320 e. The van der Waals surface area contributed by atoms with E-state index in [4.69, 9.17) is 0 Å². The molecule has 1 unspecified atom stereocenters. The number of urea groups is 1. The number of rotatable bonds is 5. The number of amides is 2. The molecule has 0 aliphatic carbocycles. The fraction of sp³-hybridized carbons (Fsp3) is 0.222. The van der Waals surface area contributed by atoms with E-state index in [2.05, 4.69) is 20.6 Å². The number of nitrogens with zero attached hydrogens (tertiary/aromatic N) is 1. The molecular weight excluding hydrogens is 304 g/mol. The quantitative estimate of drug-likeness (QED) is 0.581. The number of H-pyrrole nitrogens is 1. The van der Waals surface area contributed by atoms with Crippen LogP contribution in [0.25, 0.3) is 10.9 Å². The van der Waals surface area contributed by atoms with Crippen molar-refractivity contribution in [3.8, 4) is 0 Å². The van der Waals surface area contributed by atoms with E-state index in [1.165, 1.54) is 0 Å². The second-order valence-electron chi connectivity index (χ2n) is 5.76. The molecule has 0 aliphatic rings. The van der Waals surface area contributed by atoms with Crippen LogP contribution in [-0.4, -0.2) is 33.8 Å². The summed E-state index contributed by atoms with van der Waals surface area (Å²) >= 11 is 0. The smallest absolute Gasteiger partial charge is 0.320 e. The molecule has 6 nitrogen and oxygen atoms in total. The Kier molecular flexibility index (Phi) is 4.77. The molecule has 1 atom stereocenters. The lowest BCUT2D eigenvalue weighted by Gasteiger charge is -2.16. The van der Waals surface area contributed by atoms with Gasteiger partial charge in [0, 0.05) is 23.3 Å². The predicted octanol–water partition coefficient (Wildman–Crippen LogP) is 2.60. The van der Waals surface area contributed by atoms with Crippen LogP contribution in [0.15, 0.2) is 48.8 Å². The van der Waals surface area contributed by atoms with Crippen LogP contribution < -0.4 is 10.6 Å². The van der Waals surface area contributed by atoms with Gasteiger partial charge in [0.05, 0.1) is 12.6 Å². The number of para-hydroxylation sites is 1. The van der Waals surface area contributed by atoms with Crippen LogP contribution in [0.5, 0.6) is 0 Å². The van der Waals surface area contributed by atoms with Crippen molar-refractivity contribution in [2.24, 2.45) is 0 Å². The Morgan fingerprint density at radius 1 is 1.33 bits per heavy atom. The van der Waals surface area contributed by atoms with Crippen molar-refractivity contribution < 1.29 is 9.90 Å². The number of aliphatic hydroxyl groups excluding tert-OH is 1. The number of anilines is 1. The number of carbonyl (C=O) groups excluding carboxylic acids is 1. The highest BCUT2D eigenvalue weighted by Gasteiger charge is 2.14. The molecule has 0 fully saturated rings. The first-order valence-electron chi connectivity index (χ1n) is 7.81. The summed E-state index contributed by atoms with van der Waals surface area (Å²) in [7, 11) is 0. The minimum atomic E-state index is -0.382. The second-order valence-corrected chi connectivity index (χ2v) is 5.76. The van der Waals surface area contributed by atoms with E-state index < -0.39 is 0 Å². The summed E-state index contributed by atoms with van der Waals surface area (Å²) < 4.78 is 0. The summed E-state index contributed by atoms with van der Waals surface area (Å²) in [6.07, 6.45) is 4.09. The van der Waals surface area contributed by atoms with Crippen molar-refractivity contribution in [1.29, 1.82) is 0 Å². The zero-order valence-corrected chi connectivity index (χ0v) is 13.4. The van der Waals surface area contributed by atoms with E-state index >= 15 is 0 Å². The number of hydrogen-bond acceptors (Lipinski definition) is 3. The van der Waals surface area contributed by atoms with Gasteiger partial charge in [-0.2, -0.15) is 0 Å². The van der Waals surface area contributed by atoms with Gasteiger partial charge in [-0.1, -0.05) is 18.2 Å². The lowest BCUT2D eigenvalue weighted by atomic mass is 10.1. The third kappa shape index (κ3) is 3.72. The Morgan fingerprint density at radius 3 is 2.96 bits per heavy atom. The first kappa shape index (κ1) is 16.0. The molecule has 24 heavy (non-hydrogen) atoms. The van der Waals surface area contributed by atoms with Gasteiger partial charge in [0.1, 0.15) is 5.82 Å². The van der Waals surface area contributed by atoms with Gasteiger partial charge in [-0.05, 0) is 42.7 Å². The van der Waals surface area contributed by atoms with Gasteiger partial charge in [0.25, 0.3) is 0 Å². The fourth-order valence-corrected chi connectivity index (χ4v) is 2.67. The van der Waals surface area contributed by atoms with Crippen molar-refractivity contribution in [3.63, 3.8) is 0 Å². The molecule has 1 aromatic carbocycles. The fourth-order valence-electron chi connectivity index (χ4n) is 2.67. The summed E-state index contributed by atoms with van der Waals surface area (Å²) in [6.45, 7) is 1.78. The molecule has 4 N–H and O–H groups in total. The highest BCUT2D eigenvalue weighted by Crippen LogP contribution is 2.19. The Hall–Kier alpha value is -2.86. The molecule has 0 bridgehead atoms. The number of aliphatic hydroxyl groups is 1. The highest BCUT2D eigenvalue weighted by atomic mass is 16.3. The number of benzene rings is 1. The van der Waals surface area contributed by atoms with Gasteiger partial charge in [0.2, 0.25) is 0 Å². The van der Waals surface area contributed by atoms with Crippen LogP contribution in [-0.2, 0) is 6.42 Å². The Balaban J connectivity index is 1.65. The highest BCUT2D eigenvalue weighted by molar-refractivity contribution is 5.88. The van der Waals surface area contributed by atoms with E-state index in [1.807, 2.05) is 43.5 Å². The third-order valence-corrected chi connectivity index (χ3v) is 3.85. The summed E-state index contributed by atoms with van der Waals surface area (Å²) in [5, 5.41) is 16.2. The Morgan fingerprint density at radius 2 is 2.17 bits per heavy atom. The maximum atomic E-state index is 12.1. The first-order chi connectivity index (χ1) is 11.7. The predicted molar refractivity (Wildman–Crippen MR) is 94.0 cm³/mol. The minimum absolute atomic E-state index is 0.145. The van der Waals surface area contributed by atoms with Crippen LogP contribution in [0.4, 0.5) is 10.6 Å². The molecule has 2 amide bonds. The van der Waals surface area contributed by atoms with E-state index in [0.717, 1.165) is 22.0 Å².